The number of esters is 1. The van der Waals surface area contributed by atoms with E-state index in [-0.39, 0.29) is 18.7 Å². The van der Waals surface area contributed by atoms with Gasteiger partial charge in [-0.15, -0.1) is 0 Å². The Morgan fingerprint density at radius 1 is 1.00 bits per heavy atom. The van der Waals surface area contributed by atoms with Crippen molar-refractivity contribution in [3.05, 3.63) is 65.7 Å². The highest BCUT2D eigenvalue weighted by atomic mass is 19.4. The van der Waals surface area contributed by atoms with Gasteiger partial charge in [0.05, 0.1) is 12.1 Å². The molecule has 11 heteroatoms. The summed E-state index contributed by atoms with van der Waals surface area (Å²) >= 11 is 0. The van der Waals surface area contributed by atoms with E-state index in [1.54, 1.807) is 32.9 Å². The van der Waals surface area contributed by atoms with Crippen LogP contribution in [-0.2, 0) is 25.2 Å². The quantitative estimate of drug-likeness (QED) is 0.377. The molecule has 3 atom stereocenters. The summed E-state index contributed by atoms with van der Waals surface area (Å²) < 4.78 is 55.7. The molecule has 206 valence electrons. The molecule has 1 fully saturated rings. The maximum absolute atomic E-state index is 13.1. The topological polar surface area (TPSA) is 102 Å². The van der Waals surface area contributed by atoms with Crippen molar-refractivity contribution in [2.75, 3.05) is 6.54 Å². The SMILES string of the molecule is CC(C)(C)OC(=O)N1CC(OC(=O)C(=O)O)CC[C@@H]1C[C@H](Oc1ccc(C(F)(F)F)cc1)c1ccccc1. The van der Waals surface area contributed by atoms with Crippen molar-refractivity contribution in [3.8, 4) is 5.75 Å². The van der Waals surface area contributed by atoms with Gasteiger partial charge in [0.1, 0.15) is 23.6 Å². The number of aliphatic carboxylic acids is 1. The molecule has 0 saturated carbocycles. The fraction of sp³-hybridized carbons (Fsp3) is 0.444. The number of rotatable bonds is 6. The predicted octanol–water partition coefficient (Wildman–Crippen LogP) is 5.61. The smallest absolute Gasteiger partial charge is 0.417 e. The summed E-state index contributed by atoms with van der Waals surface area (Å²) in [4.78, 5) is 37.0. The predicted molar refractivity (Wildman–Crippen MR) is 129 cm³/mol. The van der Waals surface area contributed by atoms with E-state index in [1.807, 2.05) is 18.2 Å². The third kappa shape index (κ3) is 8.12. The molecule has 3 rings (SSSR count). The molecule has 0 bridgehead atoms. The van der Waals surface area contributed by atoms with E-state index < -0.39 is 53.6 Å². The standard InChI is InChI=1S/C27H30F3NO7/c1-26(2,3)38-25(35)31-16-21(37-24(34)23(32)33)14-11-19(31)15-22(17-7-5-4-6-8-17)36-20-12-9-18(10-13-20)27(28,29)30/h4-10,12-13,19,21-22H,11,14-16H2,1-3H3,(H,32,33)/t19-,21?,22+/m1/s1. The zero-order valence-corrected chi connectivity index (χ0v) is 21.2. The first-order chi connectivity index (χ1) is 17.7. The second-order valence-corrected chi connectivity index (χ2v) is 9.97. The number of carboxylic acids is 1. The summed E-state index contributed by atoms with van der Waals surface area (Å²) in [5.41, 5.74) is -0.871. The van der Waals surface area contributed by atoms with Gasteiger partial charge in [0, 0.05) is 12.5 Å². The van der Waals surface area contributed by atoms with Crippen LogP contribution in [0.4, 0.5) is 18.0 Å². The van der Waals surface area contributed by atoms with Crippen molar-refractivity contribution in [2.45, 2.75) is 70.1 Å². The highest BCUT2D eigenvalue weighted by Crippen LogP contribution is 2.34. The number of carboxylic acid groups (broad SMARTS) is 1. The third-order valence-electron chi connectivity index (χ3n) is 5.86. The van der Waals surface area contributed by atoms with Crippen LogP contribution in [0, 0.1) is 0 Å². The maximum Gasteiger partial charge on any atom is 0.417 e. The molecule has 2 aromatic carbocycles. The highest BCUT2D eigenvalue weighted by molar-refractivity contribution is 6.28. The largest absolute Gasteiger partial charge is 0.486 e. The molecule has 0 aliphatic carbocycles. The summed E-state index contributed by atoms with van der Waals surface area (Å²) in [5.74, 6) is -2.92. The zero-order valence-electron chi connectivity index (χ0n) is 21.2. The van der Waals surface area contributed by atoms with Crippen LogP contribution in [0.1, 0.15) is 57.3 Å². The number of ether oxygens (including phenoxy) is 3. The van der Waals surface area contributed by atoms with Gasteiger partial charge >= 0.3 is 24.2 Å². The summed E-state index contributed by atoms with van der Waals surface area (Å²) in [7, 11) is 0. The molecule has 1 saturated heterocycles. The van der Waals surface area contributed by atoms with E-state index in [4.69, 9.17) is 19.3 Å². The number of nitrogens with zero attached hydrogens (tertiary/aromatic N) is 1. The van der Waals surface area contributed by atoms with E-state index in [1.165, 1.54) is 17.0 Å². The van der Waals surface area contributed by atoms with Crippen LogP contribution in [0.15, 0.2) is 54.6 Å². The second-order valence-electron chi connectivity index (χ2n) is 9.97. The first-order valence-corrected chi connectivity index (χ1v) is 12.1. The molecule has 1 aliphatic rings. The lowest BCUT2D eigenvalue weighted by molar-refractivity contribution is -0.169. The van der Waals surface area contributed by atoms with Gasteiger partial charge in [-0.3, -0.25) is 0 Å². The van der Waals surface area contributed by atoms with Crippen LogP contribution in [0.25, 0.3) is 0 Å². The number of benzene rings is 2. The van der Waals surface area contributed by atoms with Gasteiger partial charge in [0.2, 0.25) is 0 Å². The Hall–Kier alpha value is -3.76. The summed E-state index contributed by atoms with van der Waals surface area (Å²) in [5, 5.41) is 8.88. The molecule has 1 aliphatic heterocycles. The van der Waals surface area contributed by atoms with Gasteiger partial charge in [-0.25, -0.2) is 14.4 Å². The minimum atomic E-state index is -4.48. The average Bonchev–Trinajstić information content (AvgIpc) is 2.83. The van der Waals surface area contributed by atoms with E-state index in [0.29, 0.717) is 12.8 Å². The Kier molecular flexibility index (Phi) is 8.90. The van der Waals surface area contributed by atoms with Gasteiger partial charge in [0.25, 0.3) is 0 Å². The van der Waals surface area contributed by atoms with Crippen LogP contribution in [0.5, 0.6) is 5.75 Å². The number of likely N-dealkylation sites (tertiary alicyclic amines) is 1. The summed E-state index contributed by atoms with van der Waals surface area (Å²) in [6.07, 6.45) is -5.73. The van der Waals surface area contributed by atoms with Crippen molar-refractivity contribution >= 4 is 18.0 Å². The summed E-state index contributed by atoms with van der Waals surface area (Å²) in [6.45, 7) is 5.02. The highest BCUT2D eigenvalue weighted by Gasteiger charge is 2.38. The number of hydrogen-bond acceptors (Lipinski definition) is 6. The second kappa shape index (κ2) is 11.7. The molecule has 0 radical (unpaired) electrons. The molecular formula is C27H30F3NO7. The average molecular weight is 538 g/mol. The molecule has 0 aromatic heterocycles. The normalized spacial score (nSPS) is 18.8. The van der Waals surface area contributed by atoms with Crippen molar-refractivity contribution < 1.29 is 46.9 Å². The Labute approximate surface area is 218 Å². The molecule has 1 heterocycles. The Balaban J connectivity index is 1.85. The number of alkyl halides is 3. The monoisotopic (exact) mass is 537 g/mol. The number of amides is 1. The lowest BCUT2D eigenvalue weighted by atomic mass is 9.93. The molecule has 1 unspecified atom stereocenters. The number of hydrogen-bond donors (Lipinski definition) is 1. The zero-order chi connectivity index (χ0) is 28.1. The molecular weight excluding hydrogens is 507 g/mol. The molecule has 8 nitrogen and oxygen atoms in total. The van der Waals surface area contributed by atoms with E-state index in [2.05, 4.69) is 0 Å². The number of halogens is 3. The van der Waals surface area contributed by atoms with Gasteiger partial charge in [-0.2, -0.15) is 13.2 Å². The number of piperidine rings is 1. The minimum absolute atomic E-state index is 0.0829. The van der Waals surface area contributed by atoms with Crippen molar-refractivity contribution in [1.82, 2.24) is 4.90 Å². The lowest BCUT2D eigenvalue weighted by Gasteiger charge is -2.40. The van der Waals surface area contributed by atoms with E-state index in [9.17, 15) is 27.6 Å². The fourth-order valence-corrected chi connectivity index (χ4v) is 4.13. The summed E-state index contributed by atoms with van der Waals surface area (Å²) in [6, 6.07) is 12.9. The third-order valence-corrected chi connectivity index (χ3v) is 5.86. The first kappa shape index (κ1) is 28.8. The Morgan fingerprint density at radius 3 is 2.18 bits per heavy atom. The maximum atomic E-state index is 13.1. The van der Waals surface area contributed by atoms with Gasteiger partial charge < -0.3 is 24.2 Å². The van der Waals surface area contributed by atoms with Gasteiger partial charge in [-0.1, -0.05) is 30.3 Å². The first-order valence-electron chi connectivity index (χ1n) is 12.1. The Bertz CT molecular complexity index is 1110. The van der Waals surface area contributed by atoms with E-state index in [0.717, 1.165) is 17.7 Å². The van der Waals surface area contributed by atoms with Gasteiger partial charge in [0.15, 0.2) is 0 Å². The molecule has 1 N–H and O–H groups in total. The molecule has 0 spiro atoms. The van der Waals surface area contributed by atoms with Crippen molar-refractivity contribution in [2.24, 2.45) is 0 Å². The van der Waals surface area contributed by atoms with E-state index >= 15 is 0 Å². The number of carbonyl (C=O) groups excluding carboxylic acids is 2. The number of carbonyl (C=O) groups is 3. The molecule has 1 amide bonds. The lowest BCUT2D eigenvalue weighted by Crippen LogP contribution is -2.52. The van der Waals surface area contributed by atoms with Crippen LogP contribution in [0.3, 0.4) is 0 Å². The van der Waals surface area contributed by atoms with Crippen LogP contribution >= 0.6 is 0 Å². The van der Waals surface area contributed by atoms with Crippen LogP contribution < -0.4 is 4.74 Å². The van der Waals surface area contributed by atoms with Crippen molar-refractivity contribution in [1.29, 1.82) is 0 Å². The van der Waals surface area contributed by atoms with Gasteiger partial charge in [-0.05, 0) is 63.4 Å². The van der Waals surface area contributed by atoms with Crippen LogP contribution in [0.2, 0.25) is 0 Å². The van der Waals surface area contributed by atoms with Crippen LogP contribution in [-0.4, -0.2) is 52.3 Å². The molecule has 38 heavy (non-hydrogen) atoms. The Morgan fingerprint density at radius 2 is 1.63 bits per heavy atom. The van der Waals surface area contributed by atoms with Crippen molar-refractivity contribution in [3.63, 3.8) is 0 Å². The minimum Gasteiger partial charge on any atom is -0.486 e. The fourth-order valence-electron chi connectivity index (χ4n) is 4.13. The molecule has 2 aromatic rings.